The monoisotopic (exact) mass is 289 g/mol. The van der Waals surface area contributed by atoms with Gasteiger partial charge < -0.3 is 0 Å². The van der Waals surface area contributed by atoms with Gasteiger partial charge in [-0.2, -0.15) is 0 Å². The van der Waals surface area contributed by atoms with Crippen molar-refractivity contribution in [1.82, 2.24) is 10.4 Å². The van der Waals surface area contributed by atoms with Gasteiger partial charge in [0.25, 0.3) is 0 Å². The molecule has 2 aromatic heterocycles. The van der Waals surface area contributed by atoms with Crippen LogP contribution in [0.3, 0.4) is 0 Å². The molecule has 1 atom stereocenters. The lowest BCUT2D eigenvalue weighted by atomic mass is 10.0. The number of aryl methyl sites for hydroxylation is 1. The molecule has 0 aliphatic rings. The Bertz CT molecular complexity index is 687. The van der Waals surface area contributed by atoms with Crippen LogP contribution in [0, 0.1) is 6.92 Å². The highest BCUT2D eigenvalue weighted by Crippen LogP contribution is 2.31. The fraction of sp³-hybridized carbons (Fsp3) is 0.214. The van der Waals surface area contributed by atoms with Crippen molar-refractivity contribution in [2.75, 3.05) is 0 Å². The zero-order chi connectivity index (χ0) is 13.2. The largest absolute Gasteiger partial charge is 0.271 e. The maximum absolute atomic E-state index is 5.74. The van der Waals surface area contributed by atoms with Crippen LogP contribution in [0.4, 0.5) is 0 Å². The molecular formula is C14H15N3S2. The van der Waals surface area contributed by atoms with Crippen LogP contribution in [-0.4, -0.2) is 4.98 Å². The first-order valence-corrected chi connectivity index (χ1v) is 7.87. The molecule has 5 heteroatoms. The Hall–Kier alpha value is -1.27. The van der Waals surface area contributed by atoms with Crippen molar-refractivity contribution in [3.05, 3.63) is 51.3 Å². The lowest BCUT2D eigenvalue weighted by molar-refractivity contribution is 0.551. The summed E-state index contributed by atoms with van der Waals surface area (Å²) in [5.74, 6) is 5.74. The fourth-order valence-corrected chi connectivity index (χ4v) is 3.88. The summed E-state index contributed by atoms with van der Waals surface area (Å²) in [6.45, 7) is 2.03. The predicted octanol–water partition coefficient (Wildman–Crippen LogP) is 3.41. The number of nitrogens with two attached hydrogens (primary N) is 1. The van der Waals surface area contributed by atoms with Gasteiger partial charge in [0.15, 0.2) is 0 Å². The van der Waals surface area contributed by atoms with Crippen molar-refractivity contribution in [2.24, 2.45) is 5.84 Å². The van der Waals surface area contributed by atoms with Crippen molar-refractivity contribution in [3.8, 4) is 0 Å². The van der Waals surface area contributed by atoms with E-state index in [4.69, 9.17) is 5.84 Å². The number of nitrogens with zero attached hydrogens (tertiary/aromatic N) is 1. The summed E-state index contributed by atoms with van der Waals surface area (Å²) >= 11 is 3.44. The van der Waals surface area contributed by atoms with Crippen molar-refractivity contribution >= 4 is 32.8 Å². The summed E-state index contributed by atoms with van der Waals surface area (Å²) in [6, 6.07) is 8.54. The third kappa shape index (κ3) is 2.55. The maximum atomic E-state index is 5.74. The van der Waals surface area contributed by atoms with Crippen molar-refractivity contribution in [2.45, 2.75) is 19.4 Å². The van der Waals surface area contributed by atoms with E-state index in [2.05, 4.69) is 45.4 Å². The van der Waals surface area contributed by atoms with Gasteiger partial charge in [0.2, 0.25) is 0 Å². The number of hydrogen-bond donors (Lipinski definition) is 2. The Morgan fingerprint density at radius 2 is 2.11 bits per heavy atom. The first-order valence-electron chi connectivity index (χ1n) is 6.11. The standard InChI is InChI=1S/C14H15N3S2/c1-9-16-10(7-18-9)6-13(17-15)12-8-19-14-5-3-2-4-11(12)14/h2-5,7-8,13,17H,6,15H2,1H3. The van der Waals surface area contributed by atoms with Gasteiger partial charge in [-0.15, -0.1) is 22.7 Å². The quantitative estimate of drug-likeness (QED) is 0.571. The summed E-state index contributed by atoms with van der Waals surface area (Å²) in [5, 5.41) is 6.67. The molecule has 1 unspecified atom stereocenters. The molecule has 19 heavy (non-hydrogen) atoms. The molecule has 0 spiro atoms. The van der Waals surface area contributed by atoms with Gasteiger partial charge in [-0.25, -0.2) is 4.98 Å². The second kappa shape index (κ2) is 5.38. The molecule has 98 valence electrons. The highest BCUT2D eigenvalue weighted by Gasteiger charge is 2.16. The minimum Gasteiger partial charge on any atom is -0.271 e. The summed E-state index contributed by atoms with van der Waals surface area (Å²) in [6.07, 6.45) is 0.821. The van der Waals surface area contributed by atoms with E-state index in [1.165, 1.54) is 15.6 Å². The molecule has 2 heterocycles. The number of hydrazine groups is 1. The smallest absolute Gasteiger partial charge is 0.0897 e. The molecule has 0 aliphatic heterocycles. The third-order valence-corrected chi connectivity index (χ3v) is 4.97. The van der Waals surface area contributed by atoms with Gasteiger partial charge in [-0.3, -0.25) is 11.3 Å². The predicted molar refractivity (Wildman–Crippen MR) is 82.4 cm³/mol. The van der Waals surface area contributed by atoms with Crippen LogP contribution < -0.4 is 11.3 Å². The fourth-order valence-electron chi connectivity index (χ4n) is 2.24. The van der Waals surface area contributed by atoms with Gasteiger partial charge >= 0.3 is 0 Å². The van der Waals surface area contributed by atoms with Crippen molar-refractivity contribution in [3.63, 3.8) is 0 Å². The van der Waals surface area contributed by atoms with E-state index in [0.717, 1.165) is 17.1 Å². The van der Waals surface area contributed by atoms with Gasteiger partial charge in [-0.1, -0.05) is 18.2 Å². The average molecular weight is 289 g/mol. The van der Waals surface area contributed by atoms with Crippen LogP contribution in [0.2, 0.25) is 0 Å². The van der Waals surface area contributed by atoms with Crippen LogP contribution in [-0.2, 0) is 6.42 Å². The third-order valence-electron chi connectivity index (χ3n) is 3.17. The maximum Gasteiger partial charge on any atom is 0.0897 e. The van der Waals surface area contributed by atoms with E-state index in [9.17, 15) is 0 Å². The summed E-state index contributed by atoms with van der Waals surface area (Å²) < 4.78 is 1.30. The molecule has 1 aromatic carbocycles. The summed E-state index contributed by atoms with van der Waals surface area (Å²) in [4.78, 5) is 4.51. The second-order valence-corrected chi connectivity index (χ2v) is 6.44. The molecule has 0 saturated carbocycles. The normalized spacial score (nSPS) is 12.9. The Morgan fingerprint density at radius 1 is 1.26 bits per heavy atom. The van der Waals surface area contributed by atoms with Crippen LogP contribution in [0.5, 0.6) is 0 Å². The van der Waals surface area contributed by atoms with Gasteiger partial charge in [0.1, 0.15) is 0 Å². The molecule has 3 aromatic rings. The number of nitrogens with one attached hydrogen (secondary N) is 1. The van der Waals surface area contributed by atoms with E-state index < -0.39 is 0 Å². The van der Waals surface area contributed by atoms with E-state index in [-0.39, 0.29) is 6.04 Å². The molecule has 0 aliphatic carbocycles. The number of hydrogen-bond acceptors (Lipinski definition) is 5. The summed E-state index contributed by atoms with van der Waals surface area (Å²) in [7, 11) is 0. The molecule has 0 amide bonds. The average Bonchev–Trinajstić information content (AvgIpc) is 3.02. The van der Waals surface area contributed by atoms with Crippen LogP contribution in [0.1, 0.15) is 22.3 Å². The Balaban J connectivity index is 1.93. The molecule has 3 rings (SSSR count). The lowest BCUT2D eigenvalue weighted by Crippen LogP contribution is -2.29. The topological polar surface area (TPSA) is 50.9 Å². The molecule has 0 bridgehead atoms. The minimum atomic E-state index is 0.109. The number of benzene rings is 1. The van der Waals surface area contributed by atoms with E-state index in [0.29, 0.717) is 0 Å². The van der Waals surface area contributed by atoms with Gasteiger partial charge in [0.05, 0.1) is 16.7 Å². The van der Waals surface area contributed by atoms with Crippen LogP contribution in [0.15, 0.2) is 35.0 Å². The SMILES string of the molecule is Cc1nc(CC(NN)c2csc3ccccc23)cs1. The minimum absolute atomic E-state index is 0.109. The highest BCUT2D eigenvalue weighted by atomic mass is 32.1. The second-order valence-electron chi connectivity index (χ2n) is 4.47. The Morgan fingerprint density at radius 3 is 2.84 bits per heavy atom. The zero-order valence-corrected chi connectivity index (χ0v) is 12.2. The molecule has 3 nitrogen and oxygen atoms in total. The van der Waals surface area contributed by atoms with E-state index in [1.807, 2.05) is 6.92 Å². The van der Waals surface area contributed by atoms with Crippen molar-refractivity contribution in [1.29, 1.82) is 0 Å². The van der Waals surface area contributed by atoms with E-state index >= 15 is 0 Å². The van der Waals surface area contributed by atoms with Gasteiger partial charge in [0, 0.05) is 16.5 Å². The number of thiophene rings is 1. The molecule has 0 radical (unpaired) electrons. The zero-order valence-electron chi connectivity index (χ0n) is 10.6. The number of aromatic nitrogens is 1. The highest BCUT2D eigenvalue weighted by molar-refractivity contribution is 7.17. The summed E-state index contributed by atoms with van der Waals surface area (Å²) in [5.41, 5.74) is 5.28. The van der Waals surface area contributed by atoms with Crippen LogP contribution in [0.25, 0.3) is 10.1 Å². The first kappa shape index (κ1) is 12.7. The molecule has 0 fully saturated rings. The lowest BCUT2D eigenvalue weighted by Gasteiger charge is -2.14. The van der Waals surface area contributed by atoms with Crippen molar-refractivity contribution < 1.29 is 0 Å². The number of rotatable bonds is 4. The molecule has 3 N–H and O–H groups in total. The number of fused-ring (bicyclic) bond motifs is 1. The Kier molecular flexibility index (Phi) is 3.61. The van der Waals surface area contributed by atoms with Crippen LogP contribution >= 0.6 is 22.7 Å². The van der Waals surface area contributed by atoms with E-state index in [1.54, 1.807) is 22.7 Å². The van der Waals surface area contributed by atoms with Gasteiger partial charge in [-0.05, 0) is 29.3 Å². The number of thiazole rings is 1. The molecular weight excluding hydrogens is 274 g/mol. The molecule has 0 saturated heterocycles. The Labute approximate surface area is 120 Å². The first-order chi connectivity index (χ1) is 9.28.